The van der Waals surface area contributed by atoms with Crippen LogP contribution in [0.4, 0.5) is 5.82 Å². The Bertz CT molecular complexity index is 819. The molecule has 1 N–H and O–H groups in total. The summed E-state index contributed by atoms with van der Waals surface area (Å²) in [5, 5.41) is 13.0. The van der Waals surface area contributed by atoms with Gasteiger partial charge in [-0.15, -0.1) is 10.2 Å². The second kappa shape index (κ2) is 6.94. The van der Waals surface area contributed by atoms with Gasteiger partial charge in [0.25, 0.3) is 0 Å². The van der Waals surface area contributed by atoms with Crippen molar-refractivity contribution in [3.05, 3.63) is 58.6 Å². The minimum atomic E-state index is 0.540. The summed E-state index contributed by atoms with van der Waals surface area (Å²) in [7, 11) is 0. The van der Waals surface area contributed by atoms with Crippen molar-refractivity contribution in [2.75, 3.05) is 11.9 Å². The van der Waals surface area contributed by atoms with Gasteiger partial charge in [-0.1, -0.05) is 35.3 Å². The van der Waals surface area contributed by atoms with Crippen LogP contribution in [0.15, 0.2) is 48.5 Å². The Balaban J connectivity index is 2.11. The van der Waals surface area contributed by atoms with Crippen LogP contribution in [-0.2, 0) is 0 Å². The first kappa shape index (κ1) is 15.7. The van der Waals surface area contributed by atoms with Crippen LogP contribution in [0.3, 0.4) is 0 Å². The molecule has 0 saturated heterocycles. The standard InChI is InChI=1S/C17H14Cl2N4/c1-2-20-17-15(12-4-3-5-14(19)10-12)21-16(22-23-17)11-6-8-13(18)9-7-11/h3-10H,2H2,1H3,(H,20,23). The predicted octanol–water partition coefficient (Wildman–Crippen LogP) is 4.94. The molecule has 0 aliphatic rings. The number of halogens is 2. The van der Waals surface area contributed by atoms with Gasteiger partial charge in [0, 0.05) is 27.7 Å². The van der Waals surface area contributed by atoms with Crippen molar-refractivity contribution in [1.82, 2.24) is 15.2 Å². The summed E-state index contributed by atoms with van der Waals surface area (Å²) in [5.74, 6) is 1.17. The van der Waals surface area contributed by atoms with Crippen molar-refractivity contribution in [2.45, 2.75) is 6.92 Å². The van der Waals surface area contributed by atoms with Crippen LogP contribution >= 0.6 is 23.2 Å². The first-order valence-electron chi connectivity index (χ1n) is 7.18. The molecule has 0 radical (unpaired) electrons. The van der Waals surface area contributed by atoms with Crippen LogP contribution in [0, 0.1) is 0 Å². The highest BCUT2D eigenvalue weighted by Crippen LogP contribution is 2.28. The van der Waals surface area contributed by atoms with E-state index in [0.717, 1.165) is 17.7 Å². The molecule has 0 atom stereocenters. The summed E-state index contributed by atoms with van der Waals surface area (Å²) < 4.78 is 0. The minimum absolute atomic E-state index is 0.540. The Morgan fingerprint density at radius 1 is 0.913 bits per heavy atom. The van der Waals surface area contributed by atoms with Crippen molar-refractivity contribution in [1.29, 1.82) is 0 Å². The maximum Gasteiger partial charge on any atom is 0.182 e. The molecule has 3 rings (SSSR count). The predicted molar refractivity (Wildman–Crippen MR) is 94.9 cm³/mol. The number of anilines is 1. The third kappa shape index (κ3) is 3.60. The largest absolute Gasteiger partial charge is 0.367 e. The van der Waals surface area contributed by atoms with E-state index in [-0.39, 0.29) is 0 Å². The van der Waals surface area contributed by atoms with E-state index < -0.39 is 0 Å². The summed E-state index contributed by atoms with van der Waals surface area (Å²) in [5.41, 5.74) is 2.46. The summed E-state index contributed by atoms with van der Waals surface area (Å²) in [4.78, 5) is 4.66. The van der Waals surface area contributed by atoms with E-state index in [1.165, 1.54) is 0 Å². The summed E-state index contributed by atoms with van der Waals surface area (Å²) in [6.45, 7) is 2.72. The zero-order valence-electron chi connectivity index (χ0n) is 12.4. The maximum atomic E-state index is 6.10. The first-order valence-corrected chi connectivity index (χ1v) is 7.93. The van der Waals surface area contributed by atoms with Gasteiger partial charge < -0.3 is 5.32 Å². The number of hydrogen-bond donors (Lipinski definition) is 1. The van der Waals surface area contributed by atoms with Crippen LogP contribution < -0.4 is 5.32 Å². The fourth-order valence-corrected chi connectivity index (χ4v) is 2.49. The molecular weight excluding hydrogens is 331 g/mol. The number of aromatic nitrogens is 3. The average molecular weight is 345 g/mol. The third-order valence-electron chi connectivity index (χ3n) is 3.23. The number of benzene rings is 2. The fourth-order valence-electron chi connectivity index (χ4n) is 2.17. The Hall–Kier alpha value is -2.17. The average Bonchev–Trinajstić information content (AvgIpc) is 2.56. The molecule has 116 valence electrons. The van der Waals surface area contributed by atoms with E-state index in [1.807, 2.05) is 43.3 Å². The van der Waals surface area contributed by atoms with Gasteiger partial charge in [0.1, 0.15) is 5.69 Å². The van der Waals surface area contributed by atoms with Crippen LogP contribution in [-0.4, -0.2) is 21.7 Å². The lowest BCUT2D eigenvalue weighted by atomic mass is 10.1. The number of nitrogens with zero attached hydrogens (tertiary/aromatic N) is 3. The maximum absolute atomic E-state index is 6.10. The summed E-state index contributed by atoms with van der Waals surface area (Å²) in [6.07, 6.45) is 0. The van der Waals surface area contributed by atoms with Crippen molar-refractivity contribution < 1.29 is 0 Å². The number of nitrogens with one attached hydrogen (secondary N) is 1. The normalized spacial score (nSPS) is 10.6. The van der Waals surface area contributed by atoms with Gasteiger partial charge in [0.05, 0.1) is 0 Å². The zero-order valence-corrected chi connectivity index (χ0v) is 13.9. The Labute approximate surface area is 144 Å². The number of hydrogen-bond acceptors (Lipinski definition) is 4. The third-order valence-corrected chi connectivity index (χ3v) is 3.72. The lowest BCUT2D eigenvalue weighted by molar-refractivity contribution is 0.973. The summed E-state index contributed by atoms with van der Waals surface area (Å²) >= 11 is 12.0. The van der Waals surface area contributed by atoms with Gasteiger partial charge in [0.15, 0.2) is 11.6 Å². The smallest absolute Gasteiger partial charge is 0.182 e. The molecule has 1 heterocycles. The lowest BCUT2D eigenvalue weighted by Gasteiger charge is -2.10. The second-order valence-electron chi connectivity index (χ2n) is 4.88. The fraction of sp³-hybridized carbons (Fsp3) is 0.118. The van der Waals surface area contributed by atoms with Crippen LogP contribution in [0.5, 0.6) is 0 Å². The van der Waals surface area contributed by atoms with Crippen molar-refractivity contribution >= 4 is 29.0 Å². The van der Waals surface area contributed by atoms with E-state index >= 15 is 0 Å². The van der Waals surface area contributed by atoms with Crippen LogP contribution in [0.25, 0.3) is 22.6 Å². The monoisotopic (exact) mass is 344 g/mol. The topological polar surface area (TPSA) is 50.7 Å². The molecule has 3 aromatic rings. The Morgan fingerprint density at radius 3 is 2.39 bits per heavy atom. The molecular formula is C17H14Cl2N4. The highest BCUT2D eigenvalue weighted by atomic mass is 35.5. The molecule has 23 heavy (non-hydrogen) atoms. The van der Waals surface area contributed by atoms with E-state index in [4.69, 9.17) is 23.2 Å². The van der Waals surface area contributed by atoms with Crippen LogP contribution in [0.1, 0.15) is 6.92 Å². The van der Waals surface area contributed by atoms with Crippen LogP contribution in [0.2, 0.25) is 10.0 Å². The van der Waals surface area contributed by atoms with Gasteiger partial charge >= 0.3 is 0 Å². The van der Waals surface area contributed by atoms with Crippen molar-refractivity contribution in [3.8, 4) is 22.6 Å². The number of rotatable bonds is 4. The molecule has 0 amide bonds. The Kier molecular flexibility index (Phi) is 4.74. The molecule has 2 aromatic carbocycles. The molecule has 0 bridgehead atoms. The van der Waals surface area contributed by atoms with Crippen molar-refractivity contribution in [3.63, 3.8) is 0 Å². The quantitative estimate of drug-likeness (QED) is 0.727. The minimum Gasteiger partial charge on any atom is -0.367 e. The molecule has 0 fully saturated rings. The van der Waals surface area contributed by atoms with Gasteiger partial charge in [-0.3, -0.25) is 0 Å². The van der Waals surface area contributed by atoms with Gasteiger partial charge in [-0.25, -0.2) is 4.98 Å². The molecule has 6 heteroatoms. The molecule has 0 saturated carbocycles. The first-order chi connectivity index (χ1) is 11.2. The van der Waals surface area contributed by atoms with Gasteiger partial charge in [-0.05, 0) is 43.3 Å². The van der Waals surface area contributed by atoms with E-state index in [0.29, 0.717) is 27.4 Å². The Morgan fingerprint density at radius 2 is 1.70 bits per heavy atom. The molecule has 0 spiro atoms. The van der Waals surface area contributed by atoms with Gasteiger partial charge in [-0.2, -0.15) is 0 Å². The summed E-state index contributed by atoms with van der Waals surface area (Å²) in [6, 6.07) is 14.9. The van der Waals surface area contributed by atoms with Crippen molar-refractivity contribution in [2.24, 2.45) is 0 Å². The molecule has 0 unspecified atom stereocenters. The molecule has 4 nitrogen and oxygen atoms in total. The van der Waals surface area contributed by atoms with E-state index in [9.17, 15) is 0 Å². The lowest BCUT2D eigenvalue weighted by Crippen LogP contribution is -2.06. The zero-order chi connectivity index (χ0) is 16.2. The van der Waals surface area contributed by atoms with E-state index in [2.05, 4.69) is 20.5 Å². The van der Waals surface area contributed by atoms with E-state index in [1.54, 1.807) is 12.1 Å². The highest BCUT2D eigenvalue weighted by molar-refractivity contribution is 6.31. The highest BCUT2D eigenvalue weighted by Gasteiger charge is 2.12. The second-order valence-corrected chi connectivity index (χ2v) is 5.75. The molecule has 0 aliphatic heterocycles. The van der Waals surface area contributed by atoms with Gasteiger partial charge in [0.2, 0.25) is 0 Å². The SMILES string of the molecule is CCNc1nnc(-c2ccc(Cl)cc2)nc1-c1cccc(Cl)c1. The molecule has 1 aromatic heterocycles. The molecule has 0 aliphatic carbocycles.